The van der Waals surface area contributed by atoms with Crippen LogP contribution in [0.5, 0.6) is 0 Å². The number of nitrogens with two attached hydrogens (primary N) is 1. The highest BCUT2D eigenvalue weighted by Crippen LogP contribution is 1.91. The number of rotatable bonds is 5. The van der Waals surface area contributed by atoms with Crippen molar-refractivity contribution >= 4 is 0 Å². The molecule has 1 heterocycles. The molecule has 0 saturated carbocycles. The summed E-state index contributed by atoms with van der Waals surface area (Å²) in [6, 6.07) is 0. The summed E-state index contributed by atoms with van der Waals surface area (Å²) in [6.45, 7) is 3.17. The zero-order valence-corrected chi connectivity index (χ0v) is 8.39. The number of nitrogens with zero attached hydrogens (tertiary/aromatic N) is 2. The predicted octanol–water partition coefficient (Wildman–Crippen LogP) is -0.621. The zero-order chi connectivity index (χ0) is 10.6. The van der Waals surface area contributed by atoms with Gasteiger partial charge in [-0.15, -0.1) is 0 Å². The van der Waals surface area contributed by atoms with E-state index in [4.69, 9.17) is 5.73 Å². The molecule has 3 N–H and O–H groups in total. The van der Waals surface area contributed by atoms with E-state index in [9.17, 15) is 9.90 Å². The molecule has 0 aliphatic heterocycles. The molecule has 5 heteroatoms. The van der Waals surface area contributed by atoms with Crippen LogP contribution in [0.1, 0.15) is 13.3 Å². The van der Waals surface area contributed by atoms with Crippen molar-refractivity contribution in [3.63, 3.8) is 0 Å². The van der Waals surface area contributed by atoms with Crippen molar-refractivity contribution in [1.29, 1.82) is 0 Å². The lowest BCUT2D eigenvalue weighted by Gasteiger charge is -2.06. The van der Waals surface area contributed by atoms with Crippen LogP contribution in [0.3, 0.4) is 0 Å². The van der Waals surface area contributed by atoms with Crippen LogP contribution < -0.4 is 11.4 Å². The molecule has 0 aromatic carbocycles. The second kappa shape index (κ2) is 4.97. The van der Waals surface area contributed by atoms with Crippen molar-refractivity contribution in [3.8, 4) is 0 Å². The highest BCUT2D eigenvalue weighted by atomic mass is 16.3. The second-order valence-electron chi connectivity index (χ2n) is 3.32. The van der Waals surface area contributed by atoms with Gasteiger partial charge in [-0.25, -0.2) is 4.79 Å². The molecular formula is C9H17N3O2. The fourth-order valence-electron chi connectivity index (χ4n) is 1.31. The molecule has 0 radical (unpaired) electrons. The zero-order valence-electron chi connectivity index (χ0n) is 8.39. The van der Waals surface area contributed by atoms with Crippen LogP contribution in [-0.2, 0) is 13.1 Å². The van der Waals surface area contributed by atoms with E-state index in [2.05, 4.69) is 0 Å². The van der Waals surface area contributed by atoms with Crippen molar-refractivity contribution in [3.05, 3.63) is 22.9 Å². The van der Waals surface area contributed by atoms with Crippen LogP contribution in [0, 0.1) is 0 Å². The maximum Gasteiger partial charge on any atom is 0.328 e. The number of imidazole rings is 1. The summed E-state index contributed by atoms with van der Waals surface area (Å²) >= 11 is 0. The summed E-state index contributed by atoms with van der Waals surface area (Å²) in [5, 5.41) is 9.28. The van der Waals surface area contributed by atoms with E-state index in [1.54, 1.807) is 17.0 Å². The van der Waals surface area contributed by atoms with E-state index in [0.29, 0.717) is 6.54 Å². The van der Waals surface area contributed by atoms with E-state index >= 15 is 0 Å². The highest BCUT2D eigenvalue weighted by molar-refractivity contribution is 4.82. The van der Waals surface area contributed by atoms with Crippen molar-refractivity contribution in [2.45, 2.75) is 32.5 Å². The number of hydrogen-bond donors (Lipinski definition) is 2. The number of aryl methyl sites for hydroxylation is 1. The lowest BCUT2D eigenvalue weighted by molar-refractivity contribution is 0.160. The maximum atomic E-state index is 11.6. The number of aliphatic hydroxyl groups excluding tert-OH is 1. The first kappa shape index (κ1) is 11.0. The average Bonchev–Trinajstić information content (AvgIpc) is 2.50. The summed E-state index contributed by atoms with van der Waals surface area (Å²) in [7, 11) is 0. The minimum atomic E-state index is -0.648. The Kier molecular flexibility index (Phi) is 3.91. The van der Waals surface area contributed by atoms with Crippen molar-refractivity contribution in [2.24, 2.45) is 5.73 Å². The number of aliphatic hydroxyl groups is 1. The van der Waals surface area contributed by atoms with Gasteiger partial charge in [0.05, 0.1) is 12.6 Å². The Bertz CT molecular complexity index is 329. The van der Waals surface area contributed by atoms with Crippen LogP contribution in [0.15, 0.2) is 17.2 Å². The number of hydrogen-bond acceptors (Lipinski definition) is 3. The summed E-state index contributed by atoms with van der Waals surface area (Å²) in [5.74, 6) is 0. The first-order valence-electron chi connectivity index (χ1n) is 4.82. The molecule has 14 heavy (non-hydrogen) atoms. The molecule has 1 atom stereocenters. The highest BCUT2D eigenvalue weighted by Gasteiger charge is 2.06. The molecule has 0 amide bonds. The van der Waals surface area contributed by atoms with Gasteiger partial charge in [-0.1, -0.05) is 6.92 Å². The largest absolute Gasteiger partial charge is 0.390 e. The van der Waals surface area contributed by atoms with Gasteiger partial charge >= 0.3 is 5.69 Å². The van der Waals surface area contributed by atoms with Gasteiger partial charge in [0.25, 0.3) is 0 Å². The van der Waals surface area contributed by atoms with Gasteiger partial charge in [0.1, 0.15) is 0 Å². The van der Waals surface area contributed by atoms with Crippen molar-refractivity contribution in [2.75, 3.05) is 6.54 Å². The van der Waals surface area contributed by atoms with Crippen LogP contribution in [0.2, 0.25) is 0 Å². The van der Waals surface area contributed by atoms with E-state index in [1.165, 1.54) is 4.57 Å². The smallest absolute Gasteiger partial charge is 0.328 e. The fourth-order valence-corrected chi connectivity index (χ4v) is 1.31. The summed E-state index contributed by atoms with van der Waals surface area (Å²) in [4.78, 5) is 11.6. The second-order valence-corrected chi connectivity index (χ2v) is 3.32. The van der Waals surface area contributed by atoms with Crippen LogP contribution in [0.4, 0.5) is 0 Å². The van der Waals surface area contributed by atoms with Gasteiger partial charge in [-0.2, -0.15) is 0 Å². The molecular weight excluding hydrogens is 182 g/mol. The van der Waals surface area contributed by atoms with Gasteiger partial charge in [-0.3, -0.25) is 9.13 Å². The Hall–Kier alpha value is -1.07. The summed E-state index contributed by atoms with van der Waals surface area (Å²) in [6.07, 6.45) is 3.68. The molecule has 1 rings (SSSR count). The molecule has 1 aromatic heterocycles. The SMILES string of the molecule is CCCn1ccn(CC(O)CN)c1=O. The minimum absolute atomic E-state index is 0.0839. The molecule has 0 saturated heterocycles. The molecule has 80 valence electrons. The van der Waals surface area contributed by atoms with Crippen LogP contribution >= 0.6 is 0 Å². The molecule has 1 aromatic rings. The van der Waals surface area contributed by atoms with Crippen LogP contribution in [-0.4, -0.2) is 26.9 Å². The molecule has 0 fully saturated rings. The normalized spacial score (nSPS) is 13.1. The predicted molar refractivity (Wildman–Crippen MR) is 54.0 cm³/mol. The first-order valence-corrected chi connectivity index (χ1v) is 4.82. The molecule has 5 nitrogen and oxygen atoms in total. The lowest BCUT2D eigenvalue weighted by atomic mass is 10.3. The molecule has 0 bridgehead atoms. The fraction of sp³-hybridized carbons (Fsp3) is 0.667. The van der Waals surface area contributed by atoms with Gasteiger partial charge < -0.3 is 10.8 Å². The maximum absolute atomic E-state index is 11.6. The molecule has 1 unspecified atom stereocenters. The summed E-state index contributed by atoms with van der Waals surface area (Å²) in [5.41, 5.74) is 5.18. The average molecular weight is 199 g/mol. The third-order valence-electron chi connectivity index (χ3n) is 2.06. The van der Waals surface area contributed by atoms with E-state index in [-0.39, 0.29) is 18.8 Å². The Morgan fingerprint density at radius 2 is 2.14 bits per heavy atom. The Morgan fingerprint density at radius 1 is 1.50 bits per heavy atom. The standard InChI is InChI=1S/C9H17N3O2/c1-2-3-11-4-5-12(9(11)14)7-8(13)6-10/h4-5,8,13H,2-3,6-7,10H2,1H3. The third kappa shape index (κ3) is 2.46. The van der Waals surface area contributed by atoms with Crippen LogP contribution in [0.25, 0.3) is 0 Å². The van der Waals surface area contributed by atoms with E-state index in [0.717, 1.165) is 6.42 Å². The van der Waals surface area contributed by atoms with Crippen molar-refractivity contribution in [1.82, 2.24) is 9.13 Å². The monoisotopic (exact) mass is 199 g/mol. The van der Waals surface area contributed by atoms with Gasteiger partial charge in [0.15, 0.2) is 0 Å². The molecule has 0 aliphatic carbocycles. The first-order chi connectivity index (χ1) is 6.69. The quantitative estimate of drug-likeness (QED) is 0.663. The Labute approximate surface area is 82.8 Å². The lowest BCUT2D eigenvalue weighted by Crippen LogP contribution is -2.31. The molecule has 0 spiro atoms. The third-order valence-corrected chi connectivity index (χ3v) is 2.06. The van der Waals surface area contributed by atoms with Gasteiger partial charge in [-0.05, 0) is 6.42 Å². The summed E-state index contributed by atoms with van der Waals surface area (Å²) < 4.78 is 3.11. The molecule has 0 aliphatic rings. The van der Waals surface area contributed by atoms with Crippen molar-refractivity contribution < 1.29 is 5.11 Å². The topological polar surface area (TPSA) is 73.2 Å². The van der Waals surface area contributed by atoms with Gasteiger partial charge in [0, 0.05) is 25.5 Å². The van der Waals surface area contributed by atoms with E-state index in [1.807, 2.05) is 6.92 Å². The van der Waals surface area contributed by atoms with E-state index < -0.39 is 6.10 Å². The Balaban J connectivity index is 2.74. The number of aromatic nitrogens is 2. The van der Waals surface area contributed by atoms with Gasteiger partial charge in [0.2, 0.25) is 0 Å². The Morgan fingerprint density at radius 3 is 2.71 bits per heavy atom. The minimum Gasteiger partial charge on any atom is -0.390 e.